The van der Waals surface area contributed by atoms with Gasteiger partial charge < -0.3 is 16.2 Å². The van der Waals surface area contributed by atoms with Gasteiger partial charge >= 0.3 is 5.97 Å². The molecule has 0 amide bonds. The number of rotatable bonds is 5. The molecule has 0 spiro atoms. The highest BCUT2D eigenvalue weighted by Crippen LogP contribution is 2.20. The zero-order valence-corrected chi connectivity index (χ0v) is 11.3. The van der Waals surface area contributed by atoms with Crippen LogP contribution in [0.5, 0.6) is 5.75 Å². The van der Waals surface area contributed by atoms with Crippen LogP contribution >= 0.6 is 0 Å². The lowest BCUT2D eigenvalue weighted by Crippen LogP contribution is -2.08. The third-order valence-electron chi connectivity index (χ3n) is 2.49. The molecule has 7 nitrogen and oxygen atoms in total. The third kappa shape index (κ3) is 4.57. The van der Waals surface area contributed by atoms with Gasteiger partial charge in [0.05, 0.1) is 13.0 Å². The van der Waals surface area contributed by atoms with Crippen LogP contribution in [0.4, 0.5) is 17.3 Å². The number of nitrogen functional groups attached to an aromatic ring is 2. The molecule has 2 aromatic rings. The molecular formula is C14H15N5O2. The third-order valence-corrected chi connectivity index (χ3v) is 2.49. The monoisotopic (exact) mass is 285 g/mol. The Morgan fingerprint density at radius 3 is 2.62 bits per heavy atom. The Kier molecular flexibility index (Phi) is 4.81. The highest BCUT2D eigenvalue weighted by Gasteiger charge is 2.04. The van der Waals surface area contributed by atoms with Crippen LogP contribution in [0, 0.1) is 0 Å². The van der Waals surface area contributed by atoms with Crippen molar-refractivity contribution < 1.29 is 9.53 Å². The Hall–Kier alpha value is -2.96. The minimum Gasteiger partial charge on any atom is -0.426 e. The van der Waals surface area contributed by atoms with Gasteiger partial charge in [0.1, 0.15) is 17.3 Å². The maximum atomic E-state index is 11.6. The zero-order valence-electron chi connectivity index (χ0n) is 11.3. The Morgan fingerprint density at radius 1 is 1.14 bits per heavy atom. The molecule has 0 radical (unpaired) electrons. The largest absolute Gasteiger partial charge is 0.426 e. The van der Waals surface area contributed by atoms with E-state index in [0.29, 0.717) is 17.3 Å². The molecule has 0 saturated heterocycles. The molecule has 0 bridgehead atoms. The minimum atomic E-state index is -0.372. The predicted molar refractivity (Wildman–Crippen MR) is 79.1 cm³/mol. The van der Waals surface area contributed by atoms with E-state index in [2.05, 4.69) is 15.2 Å². The summed E-state index contributed by atoms with van der Waals surface area (Å²) in [6, 6.07) is 12.0. The second-order valence-corrected chi connectivity index (χ2v) is 4.14. The van der Waals surface area contributed by atoms with Crippen molar-refractivity contribution in [2.75, 3.05) is 18.0 Å². The molecule has 0 unspecified atom stereocenters. The average Bonchev–Trinajstić information content (AvgIpc) is 2.46. The van der Waals surface area contributed by atoms with Gasteiger partial charge in [-0.2, -0.15) is 10.2 Å². The van der Waals surface area contributed by atoms with Gasteiger partial charge in [-0.25, -0.2) is 4.98 Å². The van der Waals surface area contributed by atoms with Crippen LogP contribution in [-0.2, 0) is 4.79 Å². The minimum absolute atomic E-state index is 0.126. The number of hydrogen-bond donors (Lipinski definition) is 2. The molecule has 4 N–H and O–H groups in total. The molecule has 21 heavy (non-hydrogen) atoms. The molecule has 2 rings (SSSR count). The van der Waals surface area contributed by atoms with E-state index in [1.807, 2.05) is 6.07 Å². The number of aromatic nitrogens is 1. The number of para-hydroxylation sites is 1. The fourth-order valence-corrected chi connectivity index (χ4v) is 1.51. The van der Waals surface area contributed by atoms with Crippen molar-refractivity contribution in [3.05, 3.63) is 42.5 Å². The van der Waals surface area contributed by atoms with Crippen LogP contribution in [0.3, 0.4) is 0 Å². The second kappa shape index (κ2) is 6.99. The Labute approximate surface area is 121 Å². The van der Waals surface area contributed by atoms with Crippen molar-refractivity contribution in [2.45, 2.75) is 6.42 Å². The summed E-state index contributed by atoms with van der Waals surface area (Å²) in [5.74, 6) is 0.651. The number of hydrogen-bond acceptors (Lipinski definition) is 7. The van der Waals surface area contributed by atoms with E-state index in [0.717, 1.165) is 0 Å². The smallest absolute Gasteiger partial charge is 0.313 e. The average molecular weight is 285 g/mol. The summed E-state index contributed by atoms with van der Waals surface area (Å²) in [5.41, 5.74) is 11.5. The number of benzene rings is 1. The van der Waals surface area contributed by atoms with E-state index in [1.54, 1.807) is 36.4 Å². The van der Waals surface area contributed by atoms with Gasteiger partial charge in [-0.1, -0.05) is 18.2 Å². The van der Waals surface area contributed by atoms with E-state index in [1.165, 1.54) is 0 Å². The van der Waals surface area contributed by atoms with Crippen LogP contribution in [0.25, 0.3) is 0 Å². The number of anilines is 2. The lowest BCUT2D eigenvalue weighted by molar-refractivity contribution is -0.134. The van der Waals surface area contributed by atoms with Crippen LogP contribution in [-0.4, -0.2) is 17.5 Å². The Morgan fingerprint density at radius 2 is 1.90 bits per heavy atom. The van der Waals surface area contributed by atoms with Crippen molar-refractivity contribution in [3.8, 4) is 5.75 Å². The van der Waals surface area contributed by atoms with Gasteiger partial charge in [0.2, 0.25) is 0 Å². The summed E-state index contributed by atoms with van der Waals surface area (Å²) in [6.07, 6.45) is 0.126. The zero-order chi connectivity index (χ0) is 15.1. The number of carbonyl (C=O) groups is 1. The van der Waals surface area contributed by atoms with Crippen LogP contribution in [0.2, 0.25) is 0 Å². The molecule has 1 aromatic heterocycles. The van der Waals surface area contributed by atoms with Gasteiger partial charge in [0.15, 0.2) is 5.82 Å². The van der Waals surface area contributed by atoms with Crippen molar-refractivity contribution in [2.24, 2.45) is 10.2 Å². The van der Waals surface area contributed by atoms with E-state index in [4.69, 9.17) is 16.2 Å². The summed E-state index contributed by atoms with van der Waals surface area (Å²) in [4.78, 5) is 15.4. The fourth-order valence-electron chi connectivity index (χ4n) is 1.51. The summed E-state index contributed by atoms with van der Waals surface area (Å²) in [6.45, 7) is 0.204. The molecule has 0 aliphatic carbocycles. The van der Waals surface area contributed by atoms with Gasteiger partial charge in [-0.05, 0) is 24.3 Å². The summed E-state index contributed by atoms with van der Waals surface area (Å²) in [5, 5.41) is 7.78. The molecular weight excluding hydrogens is 270 g/mol. The SMILES string of the molecule is Nc1ccc(/N=N/CCC(=O)Oc2ccccc2)c(N)n1. The van der Waals surface area contributed by atoms with Gasteiger partial charge in [-0.15, -0.1) is 0 Å². The maximum absolute atomic E-state index is 11.6. The lowest BCUT2D eigenvalue weighted by atomic mass is 10.3. The summed E-state index contributed by atoms with van der Waals surface area (Å²) < 4.78 is 5.11. The van der Waals surface area contributed by atoms with Crippen LogP contribution in [0.15, 0.2) is 52.7 Å². The number of pyridine rings is 1. The Bertz CT molecular complexity index is 643. The van der Waals surface area contributed by atoms with Crippen molar-refractivity contribution in [1.29, 1.82) is 0 Å². The van der Waals surface area contributed by atoms with Crippen molar-refractivity contribution in [3.63, 3.8) is 0 Å². The molecule has 0 aliphatic heterocycles. The number of esters is 1. The lowest BCUT2D eigenvalue weighted by Gasteiger charge is -2.02. The molecule has 1 heterocycles. The van der Waals surface area contributed by atoms with Gasteiger partial charge in [0, 0.05) is 0 Å². The second-order valence-electron chi connectivity index (χ2n) is 4.14. The first-order valence-corrected chi connectivity index (χ1v) is 6.30. The highest BCUT2D eigenvalue weighted by atomic mass is 16.5. The van der Waals surface area contributed by atoms with Crippen LogP contribution < -0.4 is 16.2 Å². The van der Waals surface area contributed by atoms with E-state index < -0.39 is 0 Å². The number of carbonyl (C=O) groups excluding carboxylic acids is 1. The number of ether oxygens (including phenoxy) is 1. The predicted octanol–water partition coefficient (Wildman–Crippen LogP) is 2.33. The standard InChI is InChI=1S/C14H15N5O2/c15-12-7-6-11(14(16)18-12)19-17-9-8-13(20)21-10-4-2-1-3-5-10/h1-7H,8-9H2,(H4,15,16,18)/b19-17+. The maximum Gasteiger partial charge on any atom is 0.313 e. The van der Waals surface area contributed by atoms with Gasteiger partial charge in [-0.3, -0.25) is 4.79 Å². The first kappa shape index (κ1) is 14.4. The first-order valence-electron chi connectivity index (χ1n) is 6.30. The van der Waals surface area contributed by atoms with Crippen molar-refractivity contribution in [1.82, 2.24) is 4.98 Å². The summed E-state index contributed by atoms with van der Waals surface area (Å²) >= 11 is 0. The topological polar surface area (TPSA) is 116 Å². The molecule has 0 saturated carbocycles. The number of nitrogens with zero attached hydrogens (tertiary/aromatic N) is 3. The van der Waals surface area contributed by atoms with E-state index in [-0.39, 0.29) is 24.8 Å². The molecule has 108 valence electrons. The molecule has 7 heteroatoms. The van der Waals surface area contributed by atoms with Crippen molar-refractivity contribution >= 4 is 23.3 Å². The number of nitrogens with two attached hydrogens (primary N) is 2. The first-order chi connectivity index (χ1) is 10.1. The fraction of sp³-hybridized carbons (Fsp3) is 0.143. The summed E-state index contributed by atoms with van der Waals surface area (Å²) in [7, 11) is 0. The quantitative estimate of drug-likeness (QED) is 0.497. The van der Waals surface area contributed by atoms with E-state index >= 15 is 0 Å². The molecule has 0 atom stereocenters. The van der Waals surface area contributed by atoms with Crippen LogP contribution in [0.1, 0.15) is 6.42 Å². The normalized spacial score (nSPS) is 10.7. The Balaban J connectivity index is 1.81. The van der Waals surface area contributed by atoms with E-state index in [9.17, 15) is 4.79 Å². The molecule has 0 aliphatic rings. The number of azo groups is 1. The highest BCUT2D eigenvalue weighted by molar-refractivity contribution is 5.72. The molecule has 0 fully saturated rings. The van der Waals surface area contributed by atoms with Gasteiger partial charge in [0.25, 0.3) is 0 Å². The molecule has 1 aromatic carbocycles.